The quantitative estimate of drug-likeness (QED) is 0.360. The van der Waals surface area contributed by atoms with Gasteiger partial charge < -0.3 is 22.1 Å². The van der Waals surface area contributed by atoms with Gasteiger partial charge in [-0.15, -0.1) is 0 Å². The highest BCUT2D eigenvalue weighted by atomic mass is 79.9. The first-order chi connectivity index (χ1) is 9.33. The minimum Gasteiger partial charge on any atom is -1.00 e. The lowest BCUT2D eigenvalue weighted by Gasteiger charge is -2.03. The molecule has 0 aliphatic carbocycles. The van der Waals surface area contributed by atoms with Crippen molar-refractivity contribution in [1.29, 1.82) is 0 Å². The summed E-state index contributed by atoms with van der Waals surface area (Å²) < 4.78 is 0. The van der Waals surface area contributed by atoms with Gasteiger partial charge in [0.25, 0.3) is 0 Å². The summed E-state index contributed by atoms with van der Waals surface area (Å²) in [6, 6.07) is 7.63. The molecule has 116 valence electrons. The molecule has 0 amide bonds. The summed E-state index contributed by atoms with van der Waals surface area (Å²) in [6.45, 7) is 0. The molecule has 0 unspecified atom stereocenters. The molecule has 1 N–H and O–H groups in total. The van der Waals surface area contributed by atoms with Gasteiger partial charge in [0.15, 0.2) is 0 Å². The molecule has 0 aliphatic rings. The average Bonchev–Trinajstić information content (AvgIpc) is 2.43. The third-order valence-corrected chi connectivity index (χ3v) is 4.30. The minimum atomic E-state index is 0. The number of thiol groups is 1. The molecule has 0 radical (unpaired) electrons. The normalized spacial score (nSPS) is 10.2. The second-order valence-electron chi connectivity index (χ2n) is 5.28. The summed E-state index contributed by atoms with van der Waals surface area (Å²) in [5.41, 5.74) is 1.34. The Morgan fingerprint density at radius 1 is 0.800 bits per heavy atom. The molecule has 1 aromatic carbocycles. The van der Waals surface area contributed by atoms with Crippen molar-refractivity contribution in [2.24, 2.45) is 0 Å². The van der Waals surface area contributed by atoms with Crippen LogP contribution in [0.3, 0.4) is 0 Å². The fourth-order valence-electron chi connectivity index (χ4n) is 2.32. The Morgan fingerprint density at radius 2 is 1.30 bits per heavy atom. The van der Waals surface area contributed by atoms with Crippen LogP contribution in [0.1, 0.15) is 56.9 Å². The van der Waals surface area contributed by atoms with Gasteiger partial charge in [0, 0.05) is 0 Å². The molecule has 1 rings (SSSR count). The number of unbranched alkanes of at least 4 members (excludes halogenated alkanes) is 7. The van der Waals surface area contributed by atoms with Crippen LogP contribution in [0, 0.1) is 0 Å². The highest BCUT2D eigenvalue weighted by Gasteiger charge is 1.96. The predicted octanol–water partition coefficient (Wildman–Crippen LogP) is 1.50. The summed E-state index contributed by atoms with van der Waals surface area (Å²) in [5, 5.41) is 9.20. The minimum absolute atomic E-state index is 0. The molecule has 0 spiro atoms. The molecule has 0 saturated carbocycles. The van der Waals surface area contributed by atoms with E-state index in [0.717, 1.165) is 6.42 Å². The lowest BCUT2D eigenvalue weighted by molar-refractivity contribution is -0.00000508. The van der Waals surface area contributed by atoms with Gasteiger partial charge in [-0.1, -0.05) is 44.2 Å². The maximum atomic E-state index is 9.20. The Morgan fingerprint density at radius 3 is 1.85 bits per heavy atom. The number of halogens is 1. The Bertz CT molecular complexity index is 313. The second kappa shape index (κ2) is 13.8. The molecule has 20 heavy (non-hydrogen) atoms. The Balaban J connectivity index is 0.00000361. The zero-order valence-electron chi connectivity index (χ0n) is 12.7. The SMILES string of the molecule is C[SH+]CCCCCCCCCCc1ccc(O)cc1.[Br-]. The monoisotopic (exact) mass is 360 g/mol. The summed E-state index contributed by atoms with van der Waals surface area (Å²) in [5.74, 6) is 1.75. The molecule has 0 aromatic heterocycles. The van der Waals surface area contributed by atoms with Crippen LogP contribution in [0.2, 0.25) is 0 Å². The van der Waals surface area contributed by atoms with E-state index in [1.807, 2.05) is 12.1 Å². The van der Waals surface area contributed by atoms with Gasteiger partial charge in [0.2, 0.25) is 0 Å². The zero-order valence-corrected chi connectivity index (χ0v) is 15.1. The van der Waals surface area contributed by atoms with Crippen LogP contribution in [0.15, 0.2) is 24.3 Å². The molecule has 0 fully saturated rings. The Labute approximate surface area is 139 Å². The van der Waals surface area contributed by atoms with Crippen LogP contribution in [-0.2, 0) is 18.2 Å². The molecule has 1 nitrogen and oxygen atoms in total. The maximum absolute atomic E-state index is 9.20. The first kappa shape index (κ1) is 19.9. The molecule has 0 saturated heterocycles. The highest BCUT2D eigenvalue weighted by Crippen LogP contribution is 2.14. The fourth-order valence-corrected chi connectivity index (χ4v) is 2.86. The molecule has 3 heteroatoms. The van der Waals surface area contributed by atoms with Crippen molar-refractivity contribution >= 4 is 11.8 Å². The van der Waals surface area contributed by atoms with Crippen LogP contribution in [0.25, 0.3) is 0 Å². The van der Waals surface area contributed by atoms with Crippen molar-refractivity contribution in [3.05, 3.63) is 29.8 Å². The van der Waals surface area contributed by atoms with Crippen LogP contribution in [0.4, 0.5) is 0 Å². The van der Waals surface area contributed by atoms with Gasteiger partial charge in [-0.3, -0.25) is 0 Å². The van der Waals surface area contributed by atoms with E-state index < -0.39 is 0 Å². The molecular weight excluding hydrogens is 332 g/mol. The summed E-state index contributed by atoms with van der Waals surface area (Å²) in [4.78, 5) is 0. The summed E-state index contributed by atoms with van der Waals surface area (Å²) in [6.07, 6.45) is 14.5. The number of hydrogen-bond acceptors (Lipinski definition) is 1. The van der Waals surface area contributed by atoms with Gasteiger partial charge >= 0.3 is 0 Å². The number of phenols is 1. The van der Waals surface area contributed by atoms with E-state index in [-0.39, 0.29) is 17.0 Å². The van der Waals surface area contributed by atoms with E-state index in [1.54, 1.807) is 23.9 Å². The molecule has 0 atom stereocenters. The number of rotatable bonds is 11. The molecule has 0 bridgehead atoms. The molecule has 1 aromatic rings. The lowest BCUT2D eigenvalue weighted by atomic mass is 10.0. The van der Waals surface area contributed by atoms with Crippen molar-refractivity contribution in [2.75, 3.05) is 12.0 Å². The van der Waals surface area contributed by atoms with Crippen molar-refractivity contribution < 1.29 is 22.1 Å². The summed E-state index contributed by atoms with van der Waals surface area (Å²) >= 11 is 1.55. The standard InChI is InChI=1S/C17H28OS.BrH/c1-19-15-9-7-5-3-2-4-6-8-10-16-11-13-17(18)14-12-16;/h11-14,18H,2-10,15H2,1H3;1H. The molecule has 0 heterocycles. The number of benzene rings is 1. The molecule has 0 aliphatic heterocycles. The number of aromatic hydroxyl groups is 1. The topological polar surface area (TPSA) is 20.2 Å². The van der Waals surface area contributed by atoms with Crippen molar-refractivity contribution in [3.63, 3.8) is 0 Å². The van der Waals surface area contributed by atoms with E-state index in [0.29, 0.717) is 5.75 Å². The van der Waals surface area contributed by atoms with Crippen LogP contribution >= 0.6 is 0 Å². The van der Waals surface area contributed by atoms with Crippen molar-refractivity contribution in [3.8, 4) is 5.75 Å². The second-order valence-corrected chi connectivity index (χ2v) is 6.36. The number of phenolic OH excluding ortho intramolecular Hbond substituents is 1. The smallest absolute Gasteiger partial charge is 0.115 e. The van der Waals surface area contributed by atoms with E-state index in [1.165, 1.54) is 62.7 Å². The van der Waals surface area contributed by atoms with E-state index >= 15 is 0 Å². The summed E-state index contributed by atoms with van der Waals surface area (Å²) in [7, 11) is 0. The first-order valence-electron chi connectivity index (χ1n) is 7.66. The Hall–Kier alpha value is -0.150. The average molecular weight is 361 g/mol. The zero-order chi connectivity index (χ0) is 13.8. The maximum Gasteiger partial charge on any atom is 0.115 e. The first-order valence-corrected chi connectivity index (χ1v) is 9.19. The number of aryl methyl sites for hydroxylation is 1. The third kappa shape index (κ3) is 10.6. The Kier molecular flexibility index (Phi) is 13.7. The predicted molar refractivity (Wildman–Crippen MR) is 88.3 cm³/mol. The highest BCUT2D eigenvalue weighted by molar-refractivity contribution is 7.77. The van der Waals surface area contributed by atoms with Crippen LogP contribution < -0.4 is 17.0 Å². The largest absolute Gasteiger partial charge is 1.00 e. The van der Waals surface area contributed by atoms with Gasteiger partial charge in [0.1, 0.15) is 11.5 Å². The fraction of sp³-hybridized carbons (Fsp3) is 0.647. The van der Waals surface area contributed by atoms with E-state index in [4.69, 9.17) is 0 Å². The van der Waals surface area contributed by atoms with Crippen LogP contribution in [-0.4, -0.2) is 17.1 Å². The lowest BCUT2D eigenvalue weighted by Crippen LogP contribution is -3.00. The van der Waals surface area contributed by atoms with E-state index in [9.17, 15) is 5.11 Å². The van der Waals surface area contributed by atoms with Gasteiger partial charge in [-0.2, -0.15) is 0 Å². The van der Waals surface area contributed by atoms with Crippen molar-refractivity contribution in [2.45, 2.75) is 57.8 Å². The van der Waals surface area contributed by atoms with Gasteiger partial charge in [0.05, 0.1) is 6.26 Å². The van der Waals surface area contributed by atoms with Gasteiger partial charge in [-0.25, -0.2) is 0 Å². The van der Waals surface area contributed by atoms with Gasteiger partial charge in [-0.05, 0) is 55.1 Å². The van der Waals surface area contributed by atoms with E-state index in [2.05, 4.69) is 6.26 Å². The molecular formula is C17H29BrOS. The third-order valence-electron chi connectivity index (χ3n) is 3.53. The van der Waals surface area contributed by atoms with Crippen LogP contribution in [0.5, 0.6) is 5.75 Å². The number of hydrogen-bond donors (Lipinski definition) is 1. The van der Waals surface area contributed by atoms with Crippen molar-refractivity contribution in [1.82, 2.24) is 0 Å².